The number of nitrogens with one attached hydrogen (secondary N) is 2. The van der Waals surface area contributed by atoms with Gasteiger partial charge in [0.05, 0.1) is 11.6 Å². The van der Waals surface area contributed by atoms with Crippen LogP contribution in [0, 0.1) is 11.3 Å². The molecule has 1 aliphatic heterocycles. The molecule has 10 heteroatoms. The lowest BCUT2D eigenvalue weighted by Crippen LogP contribution is -2.46. The van der Waals surface area contributed by atoms with Gasteiger partial charge in [0.1, 0.15) is 11.0 Å². The predicted octanol–water partition coefficient (Wildman–Crippen LogP) is 3.40. The number of carbonyl (C=O) groups is 2. The minimum Gasteiger partial charge on any atom is -0.451 e. The second-order valence-corrected chi connectivity index (χ2v) is 10.1. The summed E-state index contributed by atoms with van der Waals surface area (Å²) in [7, 11) is 0. The number of aryl methyl sites for hydroxylation is 1. The summed E-state index contributed by atoms with van der Waals surface area (Å²) in [4.78, 5) is 32.1. The van der Waals surface area contributed by atoms with E-state index in [1.807, 2.05) is 36.4 Å². The smallest absolute Gasteiger partial charge is 0.293 e. The van der Waals surface area contributed by atoms with Crippen LogP contribution in [0.2, 0.25) is 0 Å². The second kappa shape index (κ2) is 11.3. The molecule has 1 atom stereocenters. The Kier molecular flexibility index (Phi) is 7.69. The highest BCUT2D eigenvalue weighted by atomic mass is 32.1. The molecule has 2 aromatic heterocycles. The average molecular weight is 531 g/mol. The maximum atomic E-state index is 12.3. The first kappa shape index (κ1) is 25.9. The van der Waals surface area contributed by atoms with E-state index in [0.717, 1.165) is 74.0 Å². The van der Waals surface area contributed by atoms with Gasteiger partial charge >= 0.3 is 0 Å². The first-order valence-corrected chi connectivity index (χ1v) is 13.2. The number of furan rings is 1. The number of nitrogens with two attached hydrogens (primary N) is 1. The van der Waals surface area contributed by atoms with Gasteiger partial charge in [0.25, 0.3) is 11.8 Å². The summed E-state index contributed by atoms with van der Waals surface area (Å²) in [5.74, 6) is -1.26. The molecule has 4 aromatic rings. The number of amides is 2. The largest absolute Gasteiger partial charge is 0.451 e. The molecule has 2 amide bonds. The molecule has 0 radical (unpaired) electrons. The number of nitrogens with zero attached hydrogens (tertiary/aromatic N) is 3. The quantitative estimate of drug-likeness (QED) is 0.156. The maximum Gasteiger partial charge on any atom is 0.293 e. The van der Waals surface area contributed by atoms with Crippen molar-refractivity contribution in [1.82, 2.24) is 15.2 Å². The van der Waals surface area contributed by atoms with Gasteiger partial charge in [-0.3, -0.25) is 19.8 Å². The molecule has 38 heavy (non-hydrogen) atoms. The number of benzene rings is 2. The molecule has 5 rings (SSSR count). The van der Waals surface area contributed by atoms with E-state index in [1.54, 1.807) is 6.07 Å². The SMILES string of the molecule is N#Cc1ccc2[nH]cc(CCCCN3CCN(c4ccc5oc(C(=O)NC(=O)C(N)S)cc5c4)CC3)c2c1. The van der Waals surface area contributed by atoms with Crippen molar-refractivity contribution in [2.75, 3.05) is 37.6 Å². The number of H-pyrrole nitrogens is 1. The van der Waals surface area contributed by atoms with Crippen LogP contribution in [0.25, 0.3) is 21.9 Å². The fourth-order valence-electron chi connectivity index (χ4n) is 4.92. The molecular weight excluding hydrogens is 500 g/mol. The Hall–Kier alpha value is -3.78. The van der Waals surface area contributed by atoms with Crippen molar-refractivity contribution in [2.24, 2.45) is 5.73 Å². The topological polar surface area (TPSA) is 131 Å². The Labute approximate surface area is 226 Å². The van der Waals surface area contributed by atoms with Gasteiger partial charge in [0.15, 0.2) is 5.76 Å². The highest BCUT2D eigenvalue weighted by Gasteiger charge is 2.20. The van der Waals surface area contributed by atoms with E-state index in [2.05, 4.69) is 45.0 Å². The second-order valence-electron chi connectivity index (χ2n) is 9.57. The first-order valence-electron chi connectivity index (χ1n) is 12.7. The monoisotopic (exact) mass is 530 g/mol. The summed E-state index contributed by atoms with van der Waals surface area (Å²) in [5.41, 5.74) is 10.1. The number of carbonyl (C=O) groups excluding carboxylic acids is 2. The number of nitriles is 1. The Morgan fingerprint density at radius 1 is 1.13 bits per heavy atom. The fraction of sp³-hybridized carbons (Fsp3) is 0.321. The van der Waals surface area contributed by atoms with Gasteiger partial charge in [-0.15, -0.1) is 0 Å². The van der Waals surface area contributed by atoms with Crippen LogP contribution in [0.15, 0.2) is 53.1 Å². The van der Waals surface area contributed by atoms with Gasteiger partial charge in [-0.05, 0) is 73.8 Å². The van der Waals surface area contributed by atoms with E-state index in [0.29, 0.717) is 11.1 Å². The highest BCUT2D eigenvalue weighted by Crippen LogP contribution is 2.26. The van der Waals surface area contributed by atoms with Crippen LogP contribution in [-0.2, 0) is 11.2 Å². The molecule has 1 saturated heterocycles. The van der Waals surface area contributed by atoms with Crippen LogP contribution in [0.1, 0.15) is 34.5 Å². The van der Waals surface area contributed by atoms with E-state index in [-0.39, 0.29) is 5.76 Å². The van der Waals surface area contributed by atoms with Gasteiger partial charge in [0.2, 0.25) is 0 Å². The van der Waals surface area contributed by atoms with E-state index in [9.17, 15) is 14.9 Å². The lowest BCUT2D eigenvalue weighted by Gasteiger charge is -2.36. The Morgan fingerprint density at radius 2 is 1.95 bits per heavy atom. The number of hydrogen-bond acceptors (Lipinski definition) is 8. The molecule has 4 N–H and O–H groups in total. The summed E-state index contributed by atoms with van der Waals surface area (Å²) >= 11 is 3.83. The Balaban J connectivity index is 1.10. The Morgan fingerprint density at radius 3 is 2.71 bits per heavy atom. The normalized spacial score (nSPS) is 15.0. The molecule has 0 spiro atoms. The highest BCUT2D eigenvalue weighted by molar-refractivity contribution is 7.81. The van der Waals surface area contributed by atoms with Crippen LogP contribution in [0.4, 0.5) is 5.69 Å². The zero-order valence-corrected chi connectivity index (χ0v) is 21.8. The summed E-state index contributed by atoms with van der Waals surface area (Å²) in [6.45, 7) is 4.88. The summed E-state index contributed by atoms with van der Waals surface area (Å²) < 4.78 is 5.61. The molecule has 9 nitrogen and oxygen atoms in total. The molecular formula is C28H30N6O3S. The maximum absolute atomic E-state index is 12.3. The number of rotatable bonds is 8. The van der Waals surface area contributed by atoms with Crippen molar-refractivity contribution >= 4 is 52.0 Å². The number of anilines is 1. The van der Waals surface area contributed by atoms with Crippen molar-refractivity contribution in [3.05, 3.63) is 65.5 Å². The molecule has 0 bridgehead atoms. The van der Waals surface area contributed by atoms with Gasteiger partial charge in [-0.25, -0.2) is 0 Å². The van der Waals surface area contributed by atoms with Gasteiger partial charge in [0, 0.05) is 54.4 Å². The molecule has 1 fully saturated rings. The van der Waals surface area contributed by atoms with Crippen LogP contribution < -0.4 is 16.0 Å². The van der Waals surface area contributed by atoms with E-state index in [1.165, 1.54) is 5.56 Å². The zero-order chi connectivity index (χ0) is 26.6. The van der Waals surface area contributed by atoms with Crippen molar-refractivity contribution in [1.29, 1.82) is 5.26 Å². The van der Waals surface area contributed by atoms with Crippen molar-refractivity contribution < 1.29 is 14.0 Å². The van der Waals surface area contributed by atoms with Crippen molar-refractivity contribution in [2.45, 2.75) is 24.6 Å². The number of aromatic amines is 1. The lowest BCUT2D eigenvalue weighted by atomic mass is 10.1. The number of unbranched alkanes of at least 4 members (excludes halogenated alkanes) is 1. The van der Waals surface area contributed by atoms with Crippen LogP contribution in [0.5, 0.6) is 0 Å². The van der Waals surface area contributed by atoms with E-state index in [4.69, 9.17) is 10.2 Å². The third-order valence-electron chi connectivity index (χ3n) is 7.03. The summed E-state index contributed by atoms with van der Waals surface area (Å²) in [6, 6.07) is 15.5. The standard InChI is InChI=1S/C28H30N6O3S/c29-16-18-4-6-23-22(13-18)19(17-31-23)3-1-2-8-33-9-11-34(12-10-33)21-5-7-24-20(14-21)15-25(37-24)27(35)32-28(36)26(30)38/h4-7,13-15,17,26,31,38H,1-3,8-12,30H2,(H,32,35,36). The van der Waals surface area contributed by atoms with Gasteiger partial charge in [-0.2, -0.15) is 17.9 Å². The number of thiol groups is 1. The van der Waals surface area contributed by atoms with E-state index >= 15 is 0 Å². The molecule has 3 heterocycles. The average Bonchev–Trinajstić information content (AvgIpc) is 3.54. The first-order chi connectivity index (χ1) is 18.4. The van der Waals surface area contributed by atoms with Crippen molar-refractivity contribution in [3.8, 4) is 6.07 Å². The molecule has 196 valence electrons. The molecule has 1 unspecified atom stereocenters. The number of piperazine rings is 1. The Bertz CT molecular complexity index is 1510. The summed E-state index contributed by atoms with van der Waals surface area (Å²) in [6.07, 6.45) is 5.28. The number of hydrogen-bond donors (Lipinski definition) is 4. The lowest BCUT2D eigenvalue weighted by molar-refractivity contribution is -0.119. The molecule has 1 aliphatic rings. The number of imide groups is 1. The third kappa shape index (κ3) is 5.70. The van der Waals surface area contributed by atoms with Crippen LogP contribution >= 0.6 is 12.6 Å². The van der Waals surface area contributed by atoms with Crippen LogP contribution in [0.3, 0.4) is 0 Å². The number of aromatic nitrogens is 1. The minimum atomic E-state index is -1.08. The van der Waals surface area contributed by atoms with Gasteiger partial charge in [-0.1, -0.05) is 0 Å². The molecule has 0 aliphatic carbocycles. The predicted molar refractivity (Wildman–Crippen MR) is 150 cm³/mol. The molecule has 0 saturated carbocycles. The van der Waals surface area contributed by atoms with Crippen LogP contribution in [-0.4, -0.2) is 59.8 Å². The number of fused-ring (bicyclic) bond motifs is 2. The molecule has 2 aromatic carbocycles. The van der Waals surface area contributed by atoms with Crippen molar-refractivity contribution in [3.63, 3.8) is 0 Å². The van der Waals surface area contributed by atoms with E-state index < -0.39 is 17.2 Å². The fourth-order valence-corrected chi connectivity index (χ4v) is 4.99. The summed E-state index contributed by atoms with van der Waals surface area (Å²) in [5, 5.41) is 12.2. The zero-order valence-electron chi connectivity index (χ0n) is 20.9. The minimum absolute atomic E-state index is 0.0578. The third-order valence-corrected chi connectivity index (χ3v) is 7.27. The van der Waals surface area contributed by atoms with Gasteiger partial charge < -0.3 is 20.0 Å².